The fourth-order valence-electron chi connectivity index (χ4n) is 1.82. The van der Waals surface area contributed by atoms with Gasteiger partial charge in [-0.25, -0.2) is 0 Å². The first-order valence-corrected chi connectivity index (χ1v) is 7.12. The van der Waals surface area contributed by atoms with Gasteiger partial charge in [-0.05, 0) is 0 Å². The summed E-state index contributed by atoms with van der Waals surface area (Å²) in [7, 11) is -9.00. The second-order valence-corrected chi connectivity index (χ2v) is 6.51. The molecule has 1 atom stereocenters. The zero-order valence-corrected chi connectivity index (χ0v) is 12.9. The molecular weight excluding hydrogens is 499 g/mol. The lowest BCUT2D eigenvalue weighted by Gasteiger charge is -2.46. The molecule has 0 aliphatic heterocycles. The first-order valence-electron chi connectivity index (χ1n) is 5.68. The monoisotopic (exact) mass is 500 g/mol. The van der Waals surface area contributed by atoms with Crippen molar-refractivity contribution >= 4 is 10.1 Å². The summed E-state index contributed by atoms with van der Waals surface area (Å²) in [6.45, 7) is 0. The van der Waals surface area contributed by atoms with Crippen molar-refractivity contribution in [3.8, 4) is 0 Å². The second kappa shape index (κ2) is 6.36. The highest BCUT2D eigenvalue weighted by Crippen LogP contribution is 2.66. The highest BCUT2D eigenvalue weighted by molar-refractivity contribution is 7.87. The molecule has 0 heterocycles. The van der Waals surface area contributed by atoms with E-state index in [0.717, 1.165) is 0 Å². The third kappa shape index (κ3) is 3.26. The zero-order chi connectivity index (χ0) is 24.5. The Bertz CT molecular complexity index is 725. The van der Waals surface area contributed by atoms with Gasteiger partial charge < -0.3 is 0 Å². The van der Waals surface area contributed by atoms with E-state index in [1.54, 1.807) is 0 Å². The Balaban J connectivity index is 7.86. The molecule has 0 rings (SSSR count). The number of rotatable bonds is 5. The van der Waals surface area contributed by atoms with Gasteiger partial charge in [0.15, 0.2) is 0 Å². The van der Waals surface area contributed by atoms with Gasteiger partial charge in [-0.3, -0.25) is 4.55 Å². The van der Waals surface area contributed by atoms with E-state index in [-0.39, 0.29) is 0 Å². The van der Waals surface area contributed by atoms with E-state index < -0.39 is 57.1 Å². The number of hydrogen-bond donors (Lipinski definition) is 1. The fourth-order valence-corrected chi connectivity index (χ4v) is 3.00. The topological polar surface area (TPSA) is 54.4 Å². The minimum absolute atomic E-state index is 8.02. The average Bonchev–Trinajstić information content (AvgIpc) is 2.30. The summed E-state index contributed by atoms with van der Waals surface area (Å²) in [4.78, 5) is 0. The quantitative estimate of drug-likeness (QED) is 0.435. The molecule has 0 aromatic heterocycles. The van der Waals surface area contributed by atoms with E-state index in [1.165, 1.54) is 0 Å². The molecule has 0 spiro atoms. The fraction of sp³-hybridized carbons (Fsp3) is 1.00. The lowest BCUT2D eigenvalue weighted by atomic mass is 9.84. The molecule has 176 valence electrons. The van der Waals surface area contributed by atoms with Crippen molar-refractivity contribution in [2.75, 3.05) is 0 Å². The first-order chi connectivity index (χ1) is 12.0. The van der Waals surface area contributed by atoms with Gasteiger partial charge in [0.2, 0.25) is 0 Å². The van der Waals surface area contributed by atoms with Crippen molar-refractivity contribution in [2.45, 2.75) is 47.0 Å². The van der Waals surface area contributed by atoms with E-state index in [1.807, 2.05) is 0 Å². The normalized spacial score (nSPS) is 18.6. The Labute approximate surface area is 146 Å². The maximum absolute atomic E-state index is 13.6. The Morgan fingerprint density at radius 1 is 0.414 bits per heavy atom. The maximum atomic E-state index is 13.6. The summed E-state index contributed by atoms with van der Waals surface area (Å²) in [6, 6.07) is 0. The summed E-state index contributed by atoms with van der Waals surface area (Å²) in [5, 5.41) is 0. The van der Waals surface area contributed by atoms with Gasteiger partial charge in [-0.15, -0.1) is 0 Å². The van der Waals surface area contributed by atoms with Crippen LogP contribution in [0.5, 0.6) is 0 Å². The van der Waals surface area contributed by atoms with Crippen LogP contribution in [0.15, 0.2) is 0 Å². The number of alkyl halides is 17. The standard InChI is InChI=1S/C8HF17O3S/c9-2(10,4(13,14)5(15,16)8(23,24)25)1(6(17,18)19,29(26,27)28)3(11,12)7(20,21)22/h(H,26,27,28). The third-order valence-electron chi connectivity index (χ3n) is 3.17. The summed E-state index contributed by atoms with van der Waals surface area (Å²) < 4.78 is 236. The van der Waals surface area contributed by atoms with E-state index in [4.69, 9.17) is 4.55 Å². The van der Waals surface area contributed by atoms with Gasteiger partial charge in [-0.2, -0.15) is 83.1 Å². The third-order valence-corrected chi connectivity index (χ3v) is 4.69. The zero-order valence-electron chi connectivity index (χ0n) is 12.1. The van der Waals surface area contributed by atoms with E-state index in [0.29, 0.717) is 0 Å². The van der Waals surface area contributed by atoms with Crippen molar-refractivity contribution in [3.63, 3.8) is 0 Å². The first kappa shape index (κ1) is 27.7. The molecule has 0 bridgehead atoms. The van der Waals surface area contributed by atoms with Crippen LogP contribution >= 0.6 is 0 Å². The van der Waals surface area contributed by atoms with Crippen molar-refractivity contribution in [1.82, 2.24) is 0 Å². The van der Waals surface area contributed by atoms with Crippen LogP contribution in [0.4, 0.5) is 74.6 Å². The van der Waals surface area contributed by atoms with Crippen LogP contribution in [0.3, 0.4) is 0 Å². The summed E-state index contributed by atoms with van der Waals surface area (Å²) in [5.41, 5.74) is 0. The maximum Gasteiger partial charge on any atom is 0.460 e. The molecule has 0 aromatic rings. The molecular formula is C8HF17O3S. The molecule has 29 heavy (non-hydrogen) atoms. The Kier molecular flexibility index (Phi) is 6.08. The molecule has 0 saturated heterocycles. The van der Waals surface area contributed by atoms with E-state index >= 15 is 0 Å². The molecule has 0 amide bonds. The van der Waals surface area contributed by atoms with E-state index in [2.05, 4.69) is 0 Å². The molecule has 21 heteroatoms. The molecule has 1 unspecified atom stereocenters. The molecule has 0 aromatic carbocycles. The SMILES string of the molecule is O=S(=O)(O)C(C(F)(F)F)(C(F)(F)C(F)(F)F)C(F)(F)C(F)(F)C(F)(F)C(F)(F)F. The summed E-state index contributed by atoms with van der Waals surface area (Å²) in [5.74, 6) is -35.4. The predicted molar refractivity (Wildman–Crippen MR) is 52.2 cm³/mol. The predicted octanol–water partition coefficient (Wildman–Crippen LogP) is 4.84. The van der Waals surface area contributed by atoms with Gasteiger partial charge >= 0.3 is 47.0 Å². The van der Waals surface area contributed by atoms with Crippen LogP contribution < -0.4 is 0 Å². The van der Waals surface area contributed by atoms with Gasteiger partial charge in [0.1, 0.15) is 0 Å². The van der Waals surface area contributed by atoms with Crippen molar-refractivity contribution in [3.05, 3.63) is 0 Å². The smallest absolute Gasteiger partial charge is 0.284 e. The summed E-state index contributed by atoms with van der Waals surface area (Å²) >= 11 is 0. The molecule has 0 aliphatic carbocycles. The highest BCUT2D eigenvalue weighted by Gasteiger charge is 3.01. The second-order valence-electron chi connectivity index (χ2n) is 4.95. The Hall–Kier alpha value is -1.28. The molecule has 0 saturated carbocycles. The summed E-state index contributed by atoms with van der Waals surface area (Å²) in [6.07, 6.45) is -24.9. The van der Waals surface area contributed by atoms with Crippen LogP contribution in [-0.4, -0.2) is 59.9 Å². The Morgan fingerprint density at radius 2 is 0.690 bits per heavy atom. The molecule has 0 radical (unpaired) electrons. The van der Waals surface area contributed by atoms with Gasteiger partial charge in [0.25, 0.3) is 10.1 Å². The number of hydrogen-bond acceptors (Lipinski definition) is 2. The van der Waals surface area contributed by atoms with Crippen LogP contribution in [-0.2, 0) is 10.1 Å². The molecule has 0 fully saturated rings. The highest BCUT2D eigenvalue weighted by atomic mass is 32.2. The van der Waals surface area contributed by atoms with Crippen LogP contribution in [0.2, 0.25) is 0 Å². The van der Waals surface area contributed by atoms with Gasteiger partial charge in [0, 0.05) is 0 Å². The van der Waals surface area contributed by atoms with Crippen LogP contribution in [0, 0.1) is 0 Å². The Morgan fingerprint density at radius 3 is 0.862 bits per heavy atom. The lowest BCUT2D eigenvalue weighted by Crippen LogP contribution is -2.82. The average molecular weight is 500 g/mol. The van der Waals surface area contributed by atoms with Crippen LogP contribution in [0.25, 0.3) is 0 Å². The lowest BCUT2D eigenvalue weighted by molar-refractivity contribution is -0.436. The van der Waals surface area contributed by atoms with Crippen molar-refractivity contribution in [1.29, 1.82) is 0 Å². The minimum Gasteiger partial charge on any atom is -0.284 e. The van der Waals surface area contributed by atoms with Crippen LogP contribution in [0.1, 0.15) is 0 Å². The van der Waals surface area contributed by atoms with Crippen molar-refractivity contribution < 1.29 is 87.6 Å². The molecule has 1 N–H and O–H groups in total. The largest absolute Gasteiger partial charge is 0.460 e. The minimum atomic E-state index is -9.18. The molecule has 0 aliphatic rings. The van der Waals surface area contributed by atoms with Gasteiger partial charge in [0.05, 0.1) is 0 Å². The van der Waals surface area contributed by atoms with Gasteiger partial charge in [-0.1, -0.05) is 0 Å². The number of halogens is 17. The van der Waals surface area contributed by atoms with Crippen molar-refractivity contribution in [2.24, 2.45) is 0 Å². The van der Waals surface area contributed by atoms with E-state index in [9.17, 15) is 83.1 Å². The molecule has 3 nitrogen and oxygen atoms in total.